The first-order chi connectivity index (χ1) is 9.72. The van der Waals surface area contributed by atoms with Gasteiger partial charge in [-0.1, -0.05) is 42.5 Å². The first kappa shape index (κ1) is 14.3. The number of benzene rings is 2. The minimum Gasteiger partial charge on any atom is -0.496 e. The average Bonchev–Trinajstić information content (AvgIpc) is 2.48. The summed E-state index contributed by atoms with van der Waals surface area (Å²) in [6.45, 7) is 1.96. The van der Waals surface area contributed by atoms with Crippen LogP contribution in [-0.2, 0) is 6.42 Å². The number of para-hydroxylation sites is 1. The molecule has 0 aromatic heterocycles. The molecule has 0 aliphatic heterocycles. The van der Waals surface area contributed by atoms with E-state index < -0.39 is 0 Å². The second kappa shape index (κ2) is 6.90. The van der Waals surface area contributed by atoms with Gasteiger partial charge in [0, 0.05) is 6.42 Å². The molecule has 0 bridgehead atoms. The lowest BCUT2D eigenvalue weighted by Crippen LogP contribution is -2.04. The number of ketones is 1. The number of aryl methyl sites for hydroxylation is 2. The monoisotopic (exact) mass is 268 g/mol. The Morgan fingerprint density at radius 1 is 1.05 bits per heavy atom. The Bertz CT molecular complexity index is 573. The van der Waals surface area contributed by atoms with Crippen molar-refractivity contribution in [3.8, 4) is 5.75 Å². The Labute approximate surface area is 120 Å². The standard InChI is InChI=1S/C18H20O2/c1-14-8-6-12-16(18(14)20-2)17(19)13-7-11-15-9-4-3-5-10-15/h3-6,8-10,12H,7,11,13H2,1-2H3. The lowest BCUT2D eigenvalue weighted by molar-refractivity contribution is 0.0977. The number of hydrogen-bond donors (Lipinski definition) is 0. The van der Waals surface area contributed by atoms with Crippen LogP contribution in [-0.4, -0.2) is 12.9 Å². The molecule has 2 heteroatoms. The molecule has 0 aliphatic rings. The van der Waals surface area contributed by atoms with Crippen molar-refractivity contribution >= 4 is 5.78 Å². The van der Waals surface area contributed by atoms with Crippen molar-refractivity contribution < 1.29 is 9.53 Å². The van der Waals surface area contributed by atoms with E-state index in [1.54, 1.807) is 7.11 Å². The molecule has 0 radical (unpaired) electrons. The number of Topliss-reactive ketones (excluding diaryl/α,β-unsaturated/α-hetero) is 1. The second-order valence-electron chi connectivity index (χ2n) is 4.92. The minimum atomic E-state index is 0.154. The number of rotatable bonds is 6. The molecule has 0 fully saturated rings. The third kappa shape index (κ3) is 3.47. The van der Waals surface area contributed by atoms with Crippen molar-refractivity contribution in [2.75, 3.05) is 7.11 Å². The van der Waals surface area contributed by atoms with E-state index in [0.29, 0.717) is 17.7 Å². The van der Waals surface area contributed by atoms with Gasteiger partial charge in [-0.05, 0) is 37.0 Å². The zero-order valence-corrected chi connectivity index (χ0v) is 12.1. The molecule has 0 amide bonds. The van der Waals surface area contributed by atoms with E-state index in [4.69, 9.17) is 4.74 Å². The minimum absolute atomic E-state index is 0.154. The van der Waals surface area contributed by atoms with Crippen LogP contribution >= 0.6 is 0 Å². The van der Waals surface area contributed by atoms with E-state index in [2.05, 4.69) is 12.1 Å². The first-order valence-electron chi connectivity index (χ1n) is 6.93. The van der Waals surface area contributed by atoms with Crippen LogP contribution in [0.3, 0.4) is 0 Å². The number of carbonyl (C=O) groups is 1. The fourth-order valence-electron chi connectivity index (χ4n) is 2.38. The van der Waals surface area contributed by atoms with Crippen LogP contribution in [0.4, 0.5) is 0 Å². The van der Waals surface area contributed by atoms with Crippen molar-refractivity contribution in [1.29, 1.82) is 0 Å². The van der Waals surface area contributed by atoms with E-state index in [1.165, 1.54) is 5.56 Å². The topological polar surface area (TPSA) is 26.3 Å². The summed E-state index contributed by atoms with van der Waals surface area (Å²) < 4.78 is 5.34. The lowest BCUT2D eigenvalue weighted by Gasteiger charge is -2.10. The molecule has 2 rings (SSSR count). The van der Waals surface area contributed by atoms with E-state index in [-0.39, 0.29) is 5.78 Å². The third-order valence-corrected chi connectivity index (χ3v) is 3.43. The van der Waals surface area contributed by atoms with E-state index in [9.17, 15) is 4.79 Å². The molecular weight excluding hydrogens is 248 g/mol. The Kier molecular flexibility index (Phi) is 4.94. The number of methoxy groups -OCH3 is 1. The van der Waals surface area contributed by atoms with Crippen LogP contribution in [0.1, 0.15) is 34.3 Å². The highest BCUT2D eigenvalue weighted by Gasteiger charge is 2.13. The van der Waals surface area contributed by atoms with Crippen molar-refractivity contribution in [3.63, 3.8) is 0 Å². The quantitative estimate of drug-likeness (QED) is 0.734. The molecule has 2 aromatic rings. The van der Waals surface area contributed by atoms with Crippen LogP contribution in [0.25, 0.3) is 0 Å². The highest BCUT2D eigenvalue weighted by Crippen LogP contribution is 2.24. The van der Waals surface area contributed by atoms with Crippen molar-refractivity contribution in [2.24, 2.45) is 0 Å². The zero-order valence-electron chi connectivity index (χ0n) is 12.1. The Morgan fingerprint density at radius 2 is 1.80 bits per heavy atom. The van der Waals surface area contributed by atoms with Gasteiger partial charge in [0.25, 0.3) is 0 Å². The first-order valence-corrected chi connectivity index (χ1v) is 6.93. The van der Waals surface area contributed by atoms with E-state index >= 15 is 0 Å². The number of ether oxygens (including phenoxy) is 1. The van der Waals surface area contributed by atoms with Gasteiger partial charge in [0.05, 0.1) is 12.7 Å². The Balaban J connectivity index is 1.97. The van der Waals surface area contributed by atoms with Gasteiger partial charge in [-0.2, -0.15) is 0 Å². The summed E-state index contributed by atoms with van der Waals surface area (Å²) in [6, 6.07) is 16.0. The zero-order chi connectivity index (χ0) is 14.4. The second-order valence-corrected chi connectivity index (χ2v) is 4.92. The summed E-state index contributed by atoms with van der Waals surface area (Å²) in [4.78, 5) is 12.3. The third-order valence-electron chi connectivity index (χ3n) is 3.43. The fraction of sp³-hybridized carbons (Fsp3) is 0.278. The molecule has 2 nitrogen and oxygen atoms in total. The van der Waals surface area contributed by atoms with Crippen LogP contribution in [0.15, 0.2) is 48.5 Å². The van der Waals surface area contributed by atoms with Gasteiger partial charge in [-0.3, -0.25) is 4.79 Å². The molecule has 0 atom stereocenters. The molecular formula is C18H20O2. The van der Waals surface area contributed by atoms with E-state index in [0.717, 1.165) is 18.4 Å². The summed E-state index contributed by atoms with van der Waals surface area (Å²) in [5, 5.41) is 0. The molecule has 0 N–H and O–H groups in total. The van der Waals surface area contributed by atoms with Crippen LogP contribution in [0, 0.1) is 6.92 Å². The van der Waals surface area contributed by atoms with Crippen molar-refractivity contribution in [3.05, 3.63) is 65.2 Å². The number of carbonyl (C=O) groups excluding carboxylic acids is 1. The van der Waals surface area contributed by atoms with Crippen LogP contribution < -0.4 is 4.74 Å². The molecule has 0 aliphatic carbocycles. The lowest BCUT2D eigenvalue weighted by atomic mass is 10.0. The summed E-state index contributed by atoms with van der Waals surface area (Å²) >= 11 is 0. The largest absolute Gasteiger partial charge is 0.496 e. The smallest absolute Gasteiger partial charge is 0.166 e. The normalized spacial score (nSPS) is 10.3. The molecule has 0 unspecified atom stereocenters. The van der Waals surface area contributed by atoms with Gasteiger partial charge in [0.2, 0.25) is 0 Å². The maximum atomic E-state index is 12.3. The van der Waals surface area contributed by atoms with Gasteiger partial charge >= 0.3 is 0 Å². The summed E-state index contributed by atoms with van der Waals surface area (Å²) in [5.41, 5.74) is 2.97. The van der Waals surface area contributed by atoms with Crippen molar-refractivity contribution in [2.45, 2.75) is 26.2 Å². The van der Waals surface area contributed by atoms with Gasteiger partial charge < -0.3 is 4.74 Å². The van der Waals surface area contributed by atoms with Gasteiger partial charge in [-0.25, -0.2) is 0 Å². The fourth-order valence-corrected chi connectivity index (χ4v) is 2.38. The predicted octanol–water partition coefficient (Wildman–Crippen LogP) is 4.21. The molecule has 0 saturated heterocycles. The summed E-state index contributed by atoms with van der Waals surface area (Å²) in [6.07, 6.45) is 2.34. The molecule has 0 heterocycles. The molecule has 0 saturated carbocycles. The molecule has 20 heavy (non-hydrogen) atoms. The molecule has 2 aromatic carbocycles. The van der Waals surface area contributed by atoms with Gasteiger partial charge in [0.1, 0.15) is 5.75 Å². The van der Waals surface area contributed by atoms with Crippen LogP contribution in [0.5, 0.6) is 5.75 Å². The Morgan fingerprint density at radius 3 is 2.50 bits per heavy atom. The highest BCUT2D eigenvalue weighted by molar-refractivity contribution is 5.99. The Hall–Kier alpha value is -2.09. The van der Waals surface area contributed by atoms with Crippen molar-refractivity contribution in [1.82, 2.24) is 0 Å². The summed E-state index contributed by atoms with van der Waals surface area (Å²) in [5.74, 6) is 0.860. The van der Waals surface area contributed by atoms with Gasteiger partial charge in [0.15, 0.2) is 5.78 Å². The van der Waals surface area contributed by atoms with Gasteiger partial charge in [-0.15, -0.1) is 0 Å². The maximum absolute atomic E-state index is 12.3. The maximum Gasteiger partial charge on any atom is 0.166 e. The molecule has 104 valence electrons. The number of hydrogen-bond acceptors (Lipinski definition) is 2. The highest BCUT2D eigenvalue weighted by atomic mass is 16.5. The molecule has 0 spiro atoms. The summed E-state index contributed by atoms with van der Waals surface area (Å²) in [7, 11) is 1.61. The predicted molar refractivity (Wildman–Crippen MR) is 81.4 cm³/mol. The van der Waals surface area contributed by atoms with E-state index in [1.807, 2.05) is 43.3 Å². The van der Waals surface area contributed by atoms with Crippen LogP contribution in [0.2, 0.25) is 0 Å². The SMILES string of the molecule is COc1c(C)cccc1C(=O)CCCc1ccccc1. The average molecular weight is 268 g/mol.